The minimum absolute atomic E-state index is 0.631. The van der Waals surface area contributed by atoms with Gasteiger partial charge in [0.15, 0.2) is 0 Å². The topological polar surface area (TPSA) is 30.5 Å². The monoisotopic (exact) mass is 243 g/mol. The van der Waals surface area contributed by atoms with Crippen LogP contribution in [0.4, 0.5) is 0 Å². The molecule has 0 aromatic heterocycles. The Morgan fingerprint density at radius 1 is 1.25 bits per heavy atom. The van der Waals surface area contributed by atoms with Crippen LogP contribution in [0.25, 0.3) is 0 Å². The summed E-state index contributed by atoms with van der Waals surface area (Å²) in [5.74, 6) is 1.54. The molecule has 0 bridgehead atoms. The van der Waals surface area contributed by atoms with Crippen molar-refractivity contribution in [2.24, 2.45) is 0 Å². The summed E-state index contributed by atoms with van der Waals surface area (Å²) in [7, 11) is 5.20. The third-order valence-electron chi connectivity index (χ3n) is 2.54. The quantitative estimate of drug-likeness (QED) is 0.862. The predicted molar refractivity (Wildman–Crippen MR) is 66.9 cm³/mol. The predicted octanol–water partition coefficient (Wildman–Crippen LogP) is 2.43. The molecular formula is C12H18ClNO2. The summed E-state index contributed by atoms with van der Waals surface area (Å²) in [4.78, 5) is 0. The largest absolute Gasteiger partial charge is 0.496 e. The van der Waals surface area contributed by atoms with Gasteiger partial charge in [-0.1, -0.05) is 11.6 Å². The summed E-state index contributed by atoms with van der Waals surface area (Å²) in [5.41, 5.74) is 2.05. The van der Waals surface area contributed by atoms with Gasteiger partial charge in [0.2, 0.25) is 0 Å². The van der Waals surface area contributed by atoms with E-state index in [1.54, 1.807) is 14.2 Å². The van der Waals surface area contributed by atoms with E-state index in [1.165, 1.54) is 0 Å². The van der Waals surface area contributed by atoms with Crippen LogP contribution in [0.2, 0.25) is 5.02 Å². The Bertz CT molecular complexity index is 367. The molecule has 1 aromatic carbocycles. The lowest BCUT2D eigenvalue weighted by atomic mass is 10.1. The van der Waals surface area contributed by atoms with Crippen LogP contribution in [-0.4, -0.2) is 27.8 Å². The molecule has 0 saturated heterocycles. The van der Waals surface area contributed by atoms with Crippen LogP contribution in [0.15, 0.2) is 6.07 Å². The van der Waals surface area contributed by atoms with Crippen LogP contribution in [-0.2, 0) is 6.42 Å². The summed E-state index contributed by atoms with van der Waals surface area (Å²) in [5, 5.41) is 3.74. The summed E-state index contributed by atoms with van der Waals surface area (Å²) in [6, 6.07) is 1.91. The Kier molecular flexibility index (Phi) is 4.90. The maximum atomic E-state index is 6.14. The first-order chi connectivity index (χ1) is 7.65. The van der Waals surface area contributed by atoms with Gasteiger partial charge in [0.05, 0.1) is 19.2 Å². The molecule has 0 unspecified atom stereocenters. The van der Waals surface area contributed by atoms with Gasteiger partial charge in [0.1, 0.15) is 11.5 Å². The lowest BCUT2D eigenvalue weighted by Gasteiger charge is -2.16. The van der Waals surface area contributed by atoms with E-state index in [2.05, 4.69) is 5.32 Å². The number of benzene rings is 1. The average Bonchev–Trinajstić information content (AvgIpc) is 2.26. The van der Waals surface area contributed by atoms with Gasteiger partial charge in [-0.15, -0.1) is 0 Å². The summed E-state index contributed by atoms with van der Waals surface area (Å²) in [6.45, 7) is 2.84. The second-order valence-corrected chi connectivity index (χ2v) is 3.97. The zero-order valence-electron chi connectivity index (χ0n) is 10.2. The first kappa shape index (κ1) is 13.1. The van der Waals surface area contributed by atoms with Crippen molar-refractivity contribution in [2.75, 3.05) is 27.8 Å². The zero-order valence-corrected chi connectivity index (χ0v) is 10.9. The first-order valence-electron chi connectivity index (χ1n) is 5.20. The second kappa shape index (κ2) is 5.97. The summed E-state index contributed by atoms with van der Waals surface area (Å²) < 4.78 is 10.7. The lowest BCUT2D eigenvalue weighted by molar-refractivity contribution is 0.385. The fraction of sp³-hybridized carbons (Fsp3) is 0.500. The normalized spacial score (nSPS) is 10.3. The molecule has 0 aliphatic carbocycles. The Hall–Kier alpha value is -0.930. The van der Waals surface area contributed by atoms with E-state index in [0.29, 0.717) is 10.8 Å². The molecule has 0 heterocycles. The first-order valence-corrected chi connectivity index (χ1v) is 5.58. The number of hydrogen-bond donors (Lipinski definition) is 1. The molecule has 0 amide bonds. The van der Waals surface area contributed by atoms with E-state index in [1.807, 2.05) is 20.0 Å². The molecule has 1 aromatic rings. The number of likely N-dealkylation sites (N-methyl/N-ethyl adjacent to an activating group) is 1. The minimum Gasteiger partial charge on any atom is -0.496 e. The van der Waals surface area contributed by atoms with Crippen molar-refractivity contribution >= 4 is 11.6 Å². The average molecular weight is 244 g/mol. The standard InChI is InChI=1S/C12H18ClNO2/c1-8-11(15-3)9(5-6-14-2)7-10(13)12(8)16-4/h7,14H,5-6H2,1-4H3. The molecule has 3 nitrogen and oxygen atoms in total. The lowest BCUT2D eigenvalue weighted by Crippen LogP contribution is -2.11. The van der Waals surface area contributed by atoms with Crippen LogP contribution in [0.5, 0.6) is 11.5 Å². The summed E-state index contributed by atoms with van der Waals surface area (Å²) >= 11 is 6.14. The molecule has 4 heteroatoms. The van der Waals surface area contributed by atoms with Crippen molar-refractivity contribution in [3.05, 3.63) is 22.2 Å². The molecule has 1 N–H and O–H groups in total. The number of methoxy groups -OCH3 is 2. The van der Waals surface area contributed by atoms with Gasteiger partial charge in [-0.25, -0.2) is 0 Å². The van der Waals surface area contributed by atoms with Gasteiger partial charge in [-0.05, 0) is 38.6 Å². The molecule has 0 atom stereocenters. The molecule has 0 saturated carbocycles. The highest BCUT2D eigenvalue weighted by molar-refractivity contribution is 6.32. The summed E-state index contributed by atoms with van der Waals surface area (Å²) in [6.07, 6.45) is 0.879. The van der Waals surface area contributed by atoms with Crippen LogP contribution in [0, 0.1) is 6.92 Å². The van der Waals surface area contributed by atoms with Crippen molar-refractivity contribution in [3.8, 4) is 11.5 Å². The molecule has 0 spiro atoms. The van der Waals surface area contributed by atoms with Gasteiger partial charge in [0.25, 0.3) is 0 Å². The fourth-order valence-corrected chi connectivity index (χ4v) is 2.14. The third-order valence-corrected chi connectivity index (χ3v) is 2.82. The Balaban J connectivity index is 3.18. The Morgan fingerprint density at radius 2 is 1.88 bits per heavy atom. The van der Waals surface area contributed by atoms with E-state index in [4.69, 9.17) is 21.1 Å². The highest BCUT2D eigenvalue weighted by Crippen LogP contribution is 2.37. The molecule has 16 heavy (non-hydrogen) atoms. The maximum Gasteiger partial charge on any atom is 0.144 e. The van der Waals surface area contributed by atoms with Gasteiger partial charge >= 0.3 is 0 Å². The zero-order chi connectivity index (χ0) is 12.1. The Morgan fingerprint density at radius 3 is 2.38 bits per heavy atom. The highest BCUT2D eigenvalue weighted by Gasteiger charge is 2.14. The number of ether oxygens (including phenoxy) is 2. The molecule has 1 rings (SSSR count). The van der Waals surface area contributed by atoms with Crippen molar-refractivity contribution in [2.45, 2.75) is 13.3 Å². The van der Waals surface area contributed by atoms with Gasteiger partial charge in [-0.2, -0.15) is 0 Å². The van der Waals surface area contributed by atoms with Crippen LogP contribution < -0.4 is 14.8 Å². The molecule has 0 fully saturated rings. The molecule has 0 radical (unpaired) electrons. The molecule has 0 aliphatic rings. The van der Waals surface area contributed by atoms with Crippen LogP contribution in [0.3, 0.4) is 0 Å². The highest BCUT2D eigenvalue weighted by atomic mass is 35.5. The molecule has 90 valence electrons. The number of nitrogens with one attached hydrogen (secondary N) is 1. The van der Waals surface area contributed by atoms with Gasteiger partial charge in [-0.3, -0.25) is 0 Å². The SMILES string of the molecule is CNCCc1cc(Cl)c(OC)c(C)c1OC. The van der Waals surface area contributed by atoms with Crippen LogP contribution in [0.1, 0.15) is 11.1 Å². The van der Waals surface area contributed by atoms with E-state index in [9.17, 15) is 0 Å². The van der Waals surface area contributed by atoms with E-state index in [0.717, 1.165) is 29.8 Å². The Labute approximate surface area is 102 Å². The van der Waals surface area contributed by atoms with E-state index in [-0.39, 0.29) is 0 Å². The number of halogens is 1. The number of rotatable bonds is 5. The fourth-order valence-electron chi connectivity index (χ4n) is 1.79. The smallest absolute Gasteiger partial charge is 0.144 e. The van der Waals surface area contributed by atoms with Crippen molar-refractivity contribution in [3.63, 3.8) is 0 Å². The minimum atomic E-state index is 0.631. The number of hydrogen-bond acceptors (Lipinski definition) is 3. The molecule has 0 aliphatic heterocycles. The van der Waals surface area contributed by atoms with Gasteiger partial charge < -0.3 is 14.8 Å². The van der Waals surface area contributed by atoms with Crippen molar-refractivity contribution in [1.29, 1.82) is 0 Å². The third kappa shape index (κ3) is 2.60. The van der Waals surface area contributed by atoms with Crippen molar-refractivity contribution < 1.29 is 9.47 Å². The van der Waals surface area contributed by atoms with Crippen molar-refractivity contribution in [1.82, 2.24) is 5.32 Å². The van der Waals surface area contributed by atoms with Gasteiger partial charge in [0, 0.05) is 5.56 Å². The van der Waals surface area contributed by atoms with Crippen LogP contribution >= 0.6 is 11.6 Å². The van der Waals surface area contributed by atoms with E-state index < -0.39 is 0 Å². The van der Waals surface area contributed by atoms with E-state index >= 15 is 0 Å². The second-order valence-electron chi connectivity index (χ2n) is 3.56. The molecular weight excluding hydrogens is 226 g/mol. The maximum absolute atomic E-state index is 6.14.